The van der Waals surface area contributed by atoms with E-state index in [1.54, 1.807) is 0 Å². The predicted octanol–water partition coefficient (Wildman–Crippen LogP) is 7.43. The zero-order valence-electron chi connectivity index (χ0n) is 27.1. The van der Waals surface area contributed by atoms with E-state index in [2.05, 4.69) is 91.5 Å². The molecule has 0 saturated heterocycles. The maximum atomic E-state index is 13.2. The van der Waals surface area contributed by atoms with Crippen LogP contribution in [0.4, 0.5) is 16.2 Å². The molecular weight excluding hydrogens is 574 g/mol. The summed E-state index contributed by atoms with van der Waals surface area (Å²) in [6.07, 6.45) is 0.636. The molecular formula is C38H41N5O3. The second kappa shape index (κ2) is 12.3. The second-order valence-electron chi connectivity index (χ2n) is 11.6. The highest BCUT2D eigenvalue weighted by Gasteiger charge is 2.51. The van der Waals surface area contributed by atoms with Gasteiger partial charge in [0.2, 0.25) is 6.41 Å². The molecule has 46 heavy (non-hydrogen) atoms. The van der Waals surface area contributed by atoms with Crippen molar-refractivity contribution in [2.45, 2.75) is 40.2 Å². The number of nitrogens with two attached hydrogens (primary N) is 1. The molecule has 1 heterocycles. The number of carbonyl (C=O) groups is 2. The van der Waals surface area contributed by atoms with E-state index in [0.29, 0.717) is 17.9 Å². The zero-order chi connectivity index (χ0) is 32.6. The number of urea groups is 1. The van der Waals surface area contributed by atoms with Gasteiger partial charge in [-0.25, -0.2) is 15.2 Å². The van der Waals surface area contributed by atoms with Gasteiger partial charge in [-0.2, -0.15) is 0 Å². The lowest BCUT2D eigenvalue weighted by Gasteiger charge is -2.47. The average molecular weight is 616 g/mol. The van der Waals surface area contributed by atoms with Crippen LogP contribution in [-0.4, -0.2) is 43.6 Å². The zero-order valence-corrected chi connectivity index (χ0v) is 27.1. The van der Waals surface area contributed by atoms with Crippen LogP contribution in [0.3, 0.4) is 0 Å². The van der Waals surface area contributed by atoms with Crippen molar-refractivity contribution in [1.82, 2.24) is 10.4 Å². The number of anilines is 2. The number of rotatable bonds is 10. The lowest BCUT2D eigenvalue weighted by molar-refractivity contribution is -0.124. The van der Waals surface area contributed by atoms with Crippen LogP contribution in [0.15, 0.2) is 84.9 Å². The fourth-order valence-electron chi connectivity index (χ4n) is 7.15. The van der Waals surface area contributed by atoms with Crippen LogP contribution in [0, 0.1) is 6.92 Å². The van der Waals surface area contributed by atoms with Crippen LogP contribution < -0.4 is 25.7 Å². The summed E-state index contributed by atoms with van der Waals surface area (Å²) < 4.78 is 7.01. The summed E-state index contributed by atoms with van der Waals surface area (Å²) >= 11 is 0. The Balaban J connectivity index is 1.74. The fraction of sp³-hybridized carbons (Fsp3) is 0.263. The normalized spacial score (nSPS) is 13.0. The minimum absolute atomic E-state index is 0.623. The molecule has 0 saturated carbocycles. The number of primary amides is 1. The first kappa shape index (κ1) is 30.8. The number of ether oxygens (including phenoxy) is 1. The highest BCUT2D eigenvalue weighted by atomic mass is 16.5. The minimum atomic E-state index is -1.30. The van der Waals surface area contributed by atoms with Gasteiger partial charge >= 0.3 is 6.03 Å². The van der Waals surface area contributed by atoms with Crippen molar-refractivity contribution in [2.75, 3.05) is 36.0 Å². The molecule has 6 rings (SSSR count). The number of nitrogens with one attached hydrogen (secondary N) is 1. The maximum absolute atomic E-state index is 13.2. The molecule has 0 aromatic heterocycles. The predicted molar refractivity (Wildman–Crippen MR) is 187 cm³/mol. The van der Waals surface area contributed by atoms with Gasteiger partial charge in [-0.05, 0) is 92.9 Å². The van der Waals surface area contributed by atoms with Crippen molar-refractivity contribution in [2.24, 2.45) is 5.73 Å². The molecule has 5 aromatic carbocycles. The van der Waals surface area contributed by atoms with E-state index < -0.39 is 11.6 Å². The SMILES string of the molecule is CCN(CC)c1ccc2c3c(ccc2c1)C(c1ccccc1C)(N(C=O)NC(N)=O)c1ccc2cc(N(CC)CC)ccc2c1O3. The maximum Gasteiger partial charge on any atom is 0.331 e. The Kier molecular flexibility index (Phi) is 8.21. The van der Waals surface area contributed by atoms with Crippen LogP contribution in [0.5, 0.6) is 11.5 Å². The van der Waals surface area contributed by atoms with Gasteiger partial charge in [-0.15, -0.1) is 0 Å². The van der Waals surface area contributed by atoms with Gasteiger partial charge in [-0.3, -0.25) is 4.79 Å². The Hall–Kier alpha value is -5.24. The number of aryl methyl sites for hydroxylation is 1. The Morgan fingerprint density at radius 2 is 1.24 bits per heavy atom. The van der Waals surface area contributed by atoms with E-state index in [4.69, 9.17) is 10.5 Å². The molecule has 1 aliphatic heterocycles. The topological polar surface area (TPSA) is 91.1 Å². The van der Waals surface area contributed by atoms with Crippen LogP contribution in [0.25, 0.3) is 21.5 Å². The first-order chi connectivity index (χ1) is 22.3. The summed E-state index contributed by atoms with van der Waals surface area (Å²) in [5.41, 5.74) is 12.5. The molecule has 0 bridgehead atoms. The molecule has 0 fully saturated rings. The molecule has 0 radical (unpaired) electrons. The van der Waals surface area contributed by atoms with E-state index in [9.17, 15) is 9.59 Å². The summed E-state index contributed by atoms with van der Waals surface area (Å²) in [7, 11) is 0. The minimum Gasteiger partial charge on any atom is -0.455 e. The summed E-state index contributed by atoms with van der Waals surface area (Å²) in [5.74, 6) is 1.25. The number of hydrazine groups is 1. The van der Waals surface area contributed by atoms with Gasteiger partial charge < -0.3 is 20.3 Å². The van der Waals surface area contributed by atoms with E-state index >= 15 is 0 Å². The highest BCUT2D eigenvalue weighted by Crippen LogP contribution is 2.57. The molecule has 3 amide bonds. The summed E-state index contributed by atoms with van der Waals surface area (Å²) in [5, 5.41) is 5.12. The van der Waals surface area contributed by atoms with Crippen molar-refractivity contribution < 1.29 is 14.3 Å². The summed E-state index contributed by atoms with van der Waals surface area (Å²) in [6.45, 7) is 14.2. The lowest BCUT2D eigenvalue weighted by atomic mass is 9.72. The van der Waals surface area contributed by atoms with E-state index in [-0.39, 0.29) is 0 Å². The van der Waals surface area contributed by atoms with Gasteiger partial charge in [0.1, 0.15) is 17.0 Å². The van der Waals surface area contributed by atoms with Crippen molar-refractivity contribution >= 4 is 45.4 Å². The van der Waals surface area contributed by atoms with Gasteiger partial charge in [0.05, 0.1) is 0 Å². The number of benzene rings is 5. The fourth-order valence-corrected chi connectivity index (χ4v) is 7.15. The van der Waals surface area contributed by atoms with Gasteiger partial charge in [0, 0.05) is 59.5 Å². The molecule has 8 nitrogen and oxygen atoms in total. The van der Waals surface area contributed by atoms with E-state index in [0.717, 1.165) is 81.4 Å². The smallest absolute Gasteiger partial charge is 0.331 e. The molecule has 8 heteroatoms. The molecule has 0 spiro atoms. The molecule has 5 aromatic rings. The lowest BCUT2D eigenvalue weighted by Crippen LogP contribution is -2.58. The second-order valence-corrected chi connectivity index (χ2v) is 11.6. The number of amides is 3. The first-order valence-electron chi connectivity index (χ1n) is 16.0. The number of hydrogen-bond acceptors (Lipinski definition) is 5. The molecule has 0 atom stereocenters. The van der Waals surface area contributed by atoms with E-state index in [1.165, 1.54) is 5.01 Å². The van der Waals surface area contributed by atoms with Crippen molar-refractivity contribution in [3.63, 3.8) is 0 Å². The summed E-state index contributed by atoms with van der Waals surface area (Å²) in [4.78, 5) is 30.3. The number of hydrogen-bond donors (Lipinski definition) is 2. The number of nitrogens with zero attached hydrogens (tertiary/aromatic N) is 3. The first-order valence-corrected chi connectivity index (χ1v) is 16.0. The van der Waals surface area contributed by atoms with Gasteiger partial charge in [-0.1, -0.05) is 48.5 Å². The largest absolute Gasteiger partial charge is 0.455 e. The average Bonchev–Trinajstić information content (AvgIpc) is 3.07. The van der Waals surface area contributed by atoms with Gasteiger partial charge in [0.15, 0.2) is 0 Å². The van der Waals surface area contributed by atoms with Crippen LogP contribution in [0.1, 0.15) is 49.9 Å². The van der Waals surface area contributed by atoms with Crippen LogP contribution in [0.2, 0.25) is 0 Å². The monoisotopic (exact) mass is 615 g/mol. The Bertz CT molecular complexity index is 1850. The van der Waals surface area contributed by atoms with Crippen molar-refractivity contribution in [3.05, 3.63) is 107 Å². The number of carbonyl (C=O) groups excluding carboxylic acids is 2. The Labute approximate surface area is 270 Å². The Morgan fingerprint density at radius 3 is 1.67 bits per heavy atom. The quantitative estimate of drug-likeness (QED) is 0.126. The summed E-state index contributed by atoms with van der Waals surface area (Å²) in [6, 6.07) is 28.0. The third-order valence-corrected chi connectivity index (χ3v) is 9.38. The number of fused-ring (bicyclic) bond motifs is 6. The molecule has 1 aliphatic rings. The highest BCUT2D eigenvalue weighted by molar-refractivity contribution is 5.98. The van der Waals surface area contributed by atoms with Crippen molar-refractivity contribution in [1.29, 1.82) is 0 Å². The van der Waals surface area contributed by atoms with Crippen molar-refractivity contribution in [3.8, 4) is 11.5 Å². The van der Waals surface area contributed by atoms with Crippen LogP contribution >= 0.6 is 0 Å². The van der Waals surface area contributed by atoms with Gasteiger partial charge in [0.25, 0.3) is 0 Å². The van der Waals surface area contributed by atoms with E-state index in [1.807, 2.05) is 43.3 Å². The third-order valence-electron chi connectivity index (χ3n) is 9.38. The third kappa shape index (κ3) is 4.76. The molecule has 0 aliphatic carbocycles. The Morgan fingerprint density at radius 1 is 0.739 bits per heavy atom. The molecule has 0 unspecified atom stereocenters. The standard InChI is InChI=1S/C38H41N5O3/c1-6-41(7-2)28-16-18-30-26(22-28)14-20-33-35(30)46-36-31-19-17-29(42(8-3)9-4)23-27(31)15-21-34(36)38(33,43(24-44)40-37(39)45)32-13-11-10-12-25(32)5/h10-24H,6-9H2,1-5H3,(H3,39,40,45). The van der Waals surface area contributed by atoms with Crippen LogP contribution in [-0.2, 0) is 10.3 Å². The molecule has 3 N–H and O–H groups in total. The molecule has 236 valence electrons.